The quantitative estimate of drug-likeness (QED) is 0.801. The summed E-state index contributed by atoms with van der Waals surface area (Å²) in [6.45, 7) is 2.44. The number of rotatable bonds is 2. The monoisotopic (exact) mass is 283 g/mol. The second kappa shape index (κ2) is 5.34. The highest BCUT2D eigenvalue weighted by molar-refractivity contribution is 7.09. The minimum absolute atomic E-state index is 0.745. The Morgan fingerprint density at radius 2 is 1.85 bits per heavy atom. The highest BCUT2D eigenvalue weighted by Gasteiger charge is 2.31. The van der Waals surface area contributed by atoms with Crippen LogP contribution in [-0.2, 0) is 19.4 Å². The Hall–Kier alpha value is -1.12. The second-order valence-electron chi connectivity index (χ2n) is 6.28. The SMILES string of the molecule is c1csc(CN2CC3CCC2Cc2ccccc2C3)c1. The molecule has 2 bridgehead atoms. The zero-order valence-electron chi connectivity index (χ0n) is 11.8. The molecule has 2 aliphatic heterocycles. The first-order chi connectivity index (χ1) is 9.88. The van der Waals surface area contributed by atoms with Crippen LogP contribution in [0.15, 0.2) is 41.8 Å². The van der Waals surface area contributed by atoms with Crippen LogP contribution >= 0.6 is 11.3 Å². The van der Waals surface area contributed by atoms with Crippen molar-refractivity contribution in [3.63, 3.8) is 0 Å². The van der Waals surface area contributed by atoms with Gasteiger partial charge < -0.3 is 0 Å². The highest BCUT2D eigenvalue weighted by Crippen LogP contribution is 2.33. The van der Waals surface area contributed by atoms with E-state index in [1.807, 2.05) is 11.3 Å². The number of thiophene rings is 1. The molecule has 2 atom stereocenters. The molecular formula is C18H21NS. The second-order valence-corrected chi connectivity index (χ2v) is 7.32. The fourth-order valence-corrected chi connectivity index (χ4v) is 4.63. The van der Waals surface area contributed by atoms with Gasteiger partial charge in [0.15, 0.2) is 0 Å². The van der Waals surface area contributed by atoms with Crippen LogP contribution in [0.1, 0.15) is 28.8 Å². The molecule has 2 aromatic rings. The summed E-state index contributed by atoms with van der Waals surface area (Å²) >= 11 is 1.90. The molecule has 1 aliphatic carbocycles. The van der Waals surface area contributed by atoms with E-state index in [9.17, 15) is 0 Å². The third-order valence-electron chi connectivity index (χ3n) is 4.94. The van der Waals surface area contributed by atoms with Gasteiger partial charge in [0.25, 0.3) is 0 Å². The topological polar surface area (TPSA) is 3.24 Å². The van der Waals surface area contributed by atoms with Crippen molar-refractivity contribution in [2.45, 2.75) is 38.3 Å². The Morgan fingerprint density at radius 1 is 1.00 bits per heavy atom. The fourth-order valence-electron chi connectivity index (χ4n) is 3.90. The zero-order chi connectivity index (χ0) is 13.4. The van der Waals surface area contributed by atoms with E-state index in [2.05, 4.69) is 46.7 Å². The molecule has 0 radical (unpaired) electrons. The van der Waals surface area contributed by atoms with E-state index >= 15 is 0 Å². The van der Waals surface area contributed by atoms with Crippen LogP contribution in [0.2, 0.25) is 0 Å². The Bertz CT molecular complexity index is 575. The minimum atomic E-state index is 0.745. The summed E-state index contributed by atoms with van der Waals surface area (Å²) in [5.41, 5.74) is 3.20. The number of nitrogens with zero attached hydrogens (tertiary/aromatic N) is 1. The standard InChI is InChI=1S/C18H21NS/c1-2-5-16-11-17-8-7-14(10-15(16)4-1)12-19(17)13-18-6-3-9-20-18/h1-6,9,14,17H,7-8,10-13H2. The molecule has 3 aliphatic rings. The molecule has 5 rings (SSSR count). The molecule has 20 heavy (non-hydrogen) atoms. The van der Waals surface area contributed by atoms with Gasteiger partial charge in [-0.15, -0.1) is 11.3 Å². The molecule has 1 fully saturated rings. The average molecular weight is 283 g/mol. The number of fused-ring (bicyclic) bond motifs is 2. The van der Waals surface area contributed by atoms with Gasteiger partial charge in [0.05, 0.1) is 0 Å². The van der Waals surface area contributed by atoms with Gasteiger partial charge in [0, 0.05) is 24.0 Å². The summed E-state index contributed by atoms with van der Waals surface area (Å²) in [6, 6.07) is 14.3. The number of hydrogen-bond acceptors (Lipinski definition) is 2. The smallest absolute Gasteiger partial charge is 0.0331 e. The fraction of sp³-hybridized carbons (Fsp3) is 0.444. The lowest BCUT2D eigenvalue weighted by molar-refractivity contribution is 0.0948. The van der Waals surface area contributed by atoms with E-state index in [1.54, 1.807) is 11.1 Å². The van der Waals surface area contributed by atoms with Gasteiger partial charge in [-0.2, -0.15) is 0 Å². The molecule has 0 N–H and O–H groups in total. The van der Waals surface area contributed by atoms with Crippen molar-refractivity contribution in [2.24, 2.45) is 5.92 Å². The van der Waals surface area contributed by atoms with Crippen molar-refractivity contribution in [3.8, 4) is 0 Å². The maximum absolute atomic E-state index is 2.75. The van der Waals surface area contributed by atoms with Crippen LogP contribution < -0.4 is 0 Å². The number of benzene rings is 1. The molecule has 1 aromatic heterocycles. The third-order valence-corrected chi connectivity index (χ3v) is 5.80. The van der Waals surface area contributed by atoms with Gasteiger partial charge in [0.2, 0.25) is 0 Å². The normalized spacial score (nSPS) is 26.0. The van der Waals surface area contributed by atoms with Crippen LogP contribution in [0.4, 0.5) is 0 Å². The third kappa shape index (κ3) is 2.43. The summed E-state index contributed by atoms with van der Waals surface area (Å²) in [6.07, 6.45) is 5.32. The first-order valence-electron chi connectivity index (χ1n) is 7.72. The molecule has 104 valence electrons. The van der Waals surface area contributed by atoms with Crippen LogP contribution in [0.25, 0.3) is 0 Å². The van der Waals surface area contributed by atoms with E-state index in [-0.39, 0.29) is 0 Å². The summed E-state index contributed by atoms with van der Waals surface area (Å²) < 4.78 is 0. The summed E-state index contributed by atoms with van der Waals surface area (Å²) in [5.74, 6) is 0.854. The van der Waals surface area contributed by atoms with Crippen molar-refractivity contribution in [1.82, 2.24) is 4.90 Å². The van der Waals surface area contributed by atoms with E-state index < -0.39 is 0 Å². The largest absolute Gasteiger partial charge is 0.295 e. The van der Waals surface area contributed by atoms with Crippen molar-refractivity contribution in [3.05, 3.63) is 57.8 Å². The maximum Gasteiger partial charge on any atom is 0.0331 e. The molecule has 0 spiro atoms. The Labute approximate surface area is 125 Å². The van der Waals surface area contributed by atoms with E-state index in [0.29, 0.717) is 0 Å². The summed E-state index contributed by atoms with van der Waals surface area (Å²) in [5, 5.41) is 2.20. The molecule has 0 amide bonds. The average Bonchev–Trinajstić information content (AvgIpc) is 2.93. The van der Waals surface area contributed by atoms with Gasteiger partial charge in [-0.1, -0.05) is 30.3 Å². The Morgan fingerprint density at radius 3 is 2.65 bits per heavy atom. The number of piperidine rings is 1. The summed E-state index contributed by atoms with van der Waals surface area (Å²) in [4.78, 5) is 4.26. The van der Waals surface area contributed by atoms with E-state index in [1.165, 1.54) is 37.1 Å². The van der Waals surface area contributed by atoms with E-state index in [0.717, 1.165) is 18.5 Å². The van der Waals surface area contributed by atoms with Gasteiger partial charge in [-0.05, 0) is 54.2 Å². The maximum atomic E-state index is 2.75. The molecule has 0 saturated carbocycles. The van der Waals surface area contributed by atoms with E-state index in [4.69, 9.17) is 0 Å². The Kier molecular flexibility index (Phi) is 3.37. The van der Waals surface area contributed by atoms with Gasteiger partial charge in [-0.25, -0.2) is 0 Å². The molecular weight excluding hydrogens is 262 g/mol. The van der Waals surface area contributed by atoms with Crippen LogP contribution in [0.3, 0.4) is 0 Å². The van der Waals surface area contributed by atoms with Crippen molar-refractivity contribution in [1.29, 1.82) is 0 Å². The zero-order valence-corrected chi connectivity index (χ0v) is 12.6. The predicted octanol–water partition coefficient (Wildman–Crippen LogP) is 4.13. The Balaban J connectivity index is 1.60. The molecule has 3 heterocycles. The van der Waals surface area contributed by atoms with Gasteiger partial charge >= 0.3 is 0 Å². The van der Waals surface area contributed by atoms with Crippen molar-refractivity contribution < 1.29 is 0 Å². The highest BCUT2D eigenvalue weighted by atomic mass is 32.1. The van der Waals surface area contributed by atoms with Gasteiger partial charge in [-0.3, -0.25) is 4.90 Å². The van der Waals surface area contributed by atoms with Gasteiger partial charge in [0.1, 0.15) is 0 Å². The molecule has 2 heteroatoms. The summed E-state index contributed by atoms with van der Waals surface area (Å²) in [7, 11) is 0. The molecule has 1 nitrogen and oxygen atoms in total. The molecule has 1 aromatic carbocycles. The molecule has 1 saturated heterocycles. The lowest BCUT2D eigenvalue weighted by atomic mass is 9.80. The van der Waals surface area contributed by atoms with Crippen LogP contribution in [0, 0.1) is 5.92 Å². The lowest BCUT2D eigenvalue weighted by Gasteiger charge is -2.42. The number of hydrogen-bond donors (Lipinski definition) is 0. The van der Waals surface area contributed by atoms with Crippen LogP contribution in [0.5, 0.6) is 0 Å². The minimum Gasteiger partial charge on any atom is -0.295 e. The van der Waals surface area contributed by atoms with Crippen molar-refractivity contribution in [2.75, 3.05) is 6.54 Å². The van der Waals surface area contributed by atoms with Crippen LogP contribution in [-0.4, -0.2) is 17.5 Å². The first kappa shape index (κ1) is 12.6. The first-order valence-corrected chi connectivity index (χ1v) is 8.59. The molecule has 2 unspecified atom stereocenters. The predicted molar refractivity (Wildman–Crippen MR) is 85.1 cm³/mol. The van der Waals surface area contributed by atoms with Crippen molar-refractivity contribution >= 4 is 11.3 Å². The lowest BCUT2D eigenvalue weighted by Crippen LogP contribution is -2.45.